The summed E-state index contributed by atoms with van der Waals surface area (Å²) in [5, 5.41) is 22.7. The smallest absolute Gasteiger partial charge is 0.205 e. The topological polar surface area (TPSA) is 61.3 Å². The summed E-state index contributed by atoms with van der Waals surface area (Å²) in [6.07, 6.45) is 2.76. The van der Waals surface area contributed by atoms with Crippen LogP contribution in [0.15, 0.2) is 48.5 Å². The second kappa shape index (κ2) is 9.33. The number of benzene rings is 2. The fraction of sp³-hybridized carbons (Fsp3) is 0.364. The monoisotopic (exact) mass is 412 g/mol. The molecule has 1 saturated heterocycles. The van der Waals surface area contributed by atoms with Crippen LogP contribution >= 0.6 is 11.3 Å². The van der Waals surface area contributed by atoms with Gasteiger partial charge in [-0.2, -0.15) is 0 Å². The van der Waals surface area contributed by atoms with Crippen LogP contribution in [-0.4, -0.2) is 35.0 Å². The van der Waals surface area contributed by atoms with Gasteiger partial charge in [-0.15, -0.1) is 10.2 Å². The lowest BCUT2D eigenvalue weighted by Crippen LogP contribution is -2.34. The molecule has 5 nitrogen and oxygen atoms in total. The van der Waals surface area contributed by atoms with Crippen LogP contribution in [0, 0.1) is 11.7 Å². The molecule has 0 aliphatic carbocycles. The molecular formula is C22H25FN4OS. The van der Waals surface area contributed by atoms with E-state index in [0.29, 0.717) is 25.5 Å². The van der Waals surface area contributed by atoms with Crippen molar-refractivity contribution < 1.29 is 9.50 Å². The van der Waals surface area contributed by atoms with Gasteiger partial charge < -0.3 is 15.3 Å². The fourth-order valence-electron chi connectivity index (χ4n) is 3.55. The van der Waals surface area contributed by atoms with E-state index in [1.807, 2.05) is 0 Å². The van der Waals surface area contributed by atoms with Gasteiger partial charge in [0.2, 0.25) is 5.13 Å². The van der Waals surface area contributed by atoms with E-state index in [2.05, 4.69) is 44.7 Å². The first-order valence-corrected chi connectivity index (χ1v) is 10.8. The summed E-state index contributed by atoms with van der Waals surface area (Å²) in [6, 6.07) is 15.1. The van der Waals surface area contributed by atoms with Crippen molar-refractivity contribution in [1.82, 2.24) is 10.2 Å². The van der Waals surface area contributed by atoms with Crippen LogP contribution in [0.25, 0.3) is 0 Å². The lowest BCUT2D eigenvalue weighted by atomic mass is 9.97. The second-order valence-corrected chi connectivity index (χ2v) is 8.50. The summed E-state index contributed by atoms with van der Waals surface area (Å²) in [4.78, 5) is 2.38. The van der Waals surface area contributed by atoms with Crippen molar-refractivity contribution in [3.63, 3.8) is 0 Å². The molecule has 7 heteroatoms. The summed E-state index contributed by atoms with van der Waals surface area (Å²) in [5.41, 5.74) is 3.45. The quantitative estimate of drug-likeness (QED) is 0.612. The highest BCUT2D eigenvalue weighted by Gasteiger charge is 2.18. The van der Waals surface area contributed by atoms with Gasteiger partial charge in [0.05, 0.1) is 0 Å². The summed E-state index contributed by atoms with van der Waals surface area (Å²) in [5.74, 6) is 0.226. The first-order valence-electron chi connectivity index (χ1n) is 9.95. The first kappa shape index (κ1) is 19.8. The number of nitrogens with zero attached hydrogens (tertiary/aromatic N) is 3. The molecule has 2 heterocycles. The zero-order valence-corrected chi connectivity index (χ0v) is 17.0. The maximum atomic E-state index is 13.0. The van der Waals surface area contributed by atoms with Crippen LogP contribution < -0.4 is 10.2 Å². The van der Waals surface area contributed by atoms with E-state index in [0.717, 1.165) is 41.6 Å². The minimum Gasteiger partial charge on any atom is -0.396 e. The number of nitrogens with one attached hydrogen (secondary N) is 1. The molecule has 0 saturated carbocycles. The molecule has 29 heavy (non-hydrogen) atoms. The molecule has 0 bridgehead atoms. The van der Waals surface area contributed by atoms with Crippen LogP contribution in [0.3, 0.4) is 0 Å². The van der Waals surface area contributed by atoms with Gasteiger partial charge in [-0.3, -0.25) is 0 Å². The van der Waals surface area contributed by atoms with Crippen molar-refractivity contribution in [2.75, 3.05) is 29.9 Å². The molecule has 0 amide bonds. The Morgan fingerprint density at radius 1 is 1.00 bits per heavy atom. The van der Waals surface area contributed by atoms with Crippen molar-refractivity contribution in [3.8, 4) is 0 Å². The van der Waals surface area contributed by atoms with Crippen molar-refractivity contribution in [3.05, 3.63) is 70.5 Å². The number of piperidine rings is 1. The first-order chi connectivity index (χ1) is 14.2. The van der Waals surface area contributed by atoms with E-state index < -0.39 is 0 Å². The molecule has 0 unspecified atom stereocenters. The van der Waals surface area contributed by atoms with Crippen LogP contribution in [0.5, 0.6) is 0 Å². The van der Waals surface area contributed by atoms with Gasteiger partial charge in [0, 0.05) is 38.3 Å². The summed E-state index contributed by atoms with van der Waals surface area (Å²) in [6.45, 7) is 3.00. The maximum absolute atomic E-state index is 13.0. The Kier molecular flexibility index (Phi) is 6.36. The summed E-state index contributed by atoms with van der Waals surface area (Å²) >= 11 is 1.52. The summed E-state index contributed by atoms with van der Waals surface area (Å²) in [7, 11) is 0. The molecule has 2 N–H and O–H groups in total. The average Bonchev–Trinajstić information content (AvgIpc) is 3.22. The molecule has 3 aromatic rings. The zero-order valence-electron chi connectivity index (χ0n) is 16.2. The van der Waals surface area contributed by atoms with Gasteiger partial charge >= 0.3 is 0 Å². The zero-order chi connectivity index (χ0) is 20.1. The highest BCUT2D eigenvalue weighted by atomic mass is 32.1. The number of hydrogen-bond acceptors (Lipinski definition) is 6. The largest absolute Gasteiger partial charge is 0.396 e. The van der Waals surface area contributed by atoms with Gasteiger partial charge in [0.25, 0.3) is 0 Å². The lowest BCUT2D eigenvalue weighted by molar-refractivity contribution is 0.203. The van der Waals surface area contributed by atoms with Crippen LogP contribution in [0.4, 0.5) is 15.2 Å². The van der Waals surface area contributed by atoms with Crippen molar-refractivity contribution in [2.24, 2.45) is 5.92 Å². The third kappa shape index (κ3) is 5.31. The minimum atomic E-state index is -0.228. The number of anilines is 2. The molecule has 0 radical (unpaired) electrons. The molecular weight excluding hydrogens is 387 g/mol. The van der Waals surface area contributed by atoms with E-state index in [4.69, 9.17) is 0 Å². The molecule has 0 atom stereocenters. The third-order valence-electron chi connectivity index (χ3n) is 5.35. The van der Waals surface area contributed by atoms with Crippen LogP contribution in [-0.2, 0) is 13.0 Å². The number of aliphatic hydroxyl groups is 1. The second-order valence-electron chi connectivity index (χ2n) is 7.44. The summed E-state index contributed by atoms with van der Waals surface area (Å²) < 4.78 is 13.0. The predicted octanol–water partition coefficient (Wildman–Crippen LogP) is 4.09. The van der Waals surface area contributed by atoms with Gasteiger partial charge in [0.1, 0.15) is 10.8 Å². The number of halogens is 1. The Morgan fingerprint density at radius 2 is 1.69 bits per heavy atom. The number of aliphatic hydroxyl groups excluding tert-OH is 1. The normalized spacial score (nSPS) is 14.9. The molecule has 1 aromatic heterocycles. The van der Waals surface area contributed by atoms with E-state index in [1.165, 1.54) is 34.7 Å². The van der Waals surface area contributed by atoms with Crippen LogP contribution in [0.1, 0.15) is 29.0 Å². The molecule has 0 spiro atoms. The molecule has 152 valence electrons. The Labute approximate surface area is 174 Å². The Bertz CT molecular complexity index is 905. The van der Waals surface area contributed by atoms with E-state index in [-0.39, 0.29) is 5.82 Å². The average molecular weight is 413 g/mol. The minimum absolute atomic E-state index is 0.228. The van der Waals surface area contributed by atoms with Gasteiger partial charge in [0.15, 0.2) is 0 Å². The SMILES string of the molecule is OCC1CCN(c2ccc(CNc3nnc(Cc4ccc(F)cc4)s3)cc2)CC1. The Hall–Kier alpha value is -2.51. The van der Waals surface area contributed by atoms with E-state index >= 15 is 0 Å². The molecule has 2 aromatic carbocycles. The van der Waals surface area contributed by atoms with Crippen LogP contribution in [0.2, 0.25) is 0 Å². The molecule has 1 aliphatic rings. The predicted molar refractivity (Wildman–Crippen MR) is 115 cm³/mol. The highest BCUT2D eigenvalue weighted by molar-refractivity contribution is 7.15. The van der Waals surface area contributed by atoms with Gasteiger partial charge in [-0.05, 0) is 54.2 Å². The number of rotatable bonds is 7. The lowest BCUT2D eigenvalue weighted by Gasteiger charge is -2.33. The van der Waals surface area contributed by atoms with E-state index in [9.17, 15) is 9.50 Å². The maximum Gasteiger partial charge on any atom is 0.205 e. The standard InChI is InChI=1S/C22H25FN4OS/c23-19-5-1-16(2-6-19)13-21-25-26-22(29-21)24-14-17-3-7-20(8-4-17)27-11-9-18(15-28)10-12-27/h1-8,18,28H,9-15H2,(H,24,26). The highest BCUT2D eigenvalue weighted by Crippen LogP contribution is 2.24. The molecule has 4 rings (SSSR count). The Balaban J connectivity index is 1.28. The number of aromatic nitrogens is 2. The Morgan fingerprint density at radius 3 is 2.38 bits per heavy atom. The van der Waals surface area contributed by atoms with Gasteiger partial charge in [-0.25, -0.2) is 4.39 Å². The fourth-order valence-corrected chi connectivity index (χ4v) is 4.32. The molecule has 1 fully saturated rings. The third-order valence-corrected chi connectivity index (χ3v) is 6.23. The van der Waals surface area contributed by atoms with Crippen molar-refractivity contribution in [1.29, 1.82) is 0 Å². The van der Waals surface area contributed by atoms with Crippen molar-refractivity contribution in [2.45, 2.75) is 25.8 Å². The number of hydrogen-bond donors (Lipinski definition) is 2. The molecule has 1 aliphatic heterocycles. The van der Waals surface area contributed by atoms with Crippen molar-refractivity contribution >= 4 is 22.2 Å². The van der Waals surface area contributed by atoms with E-state index in [1.54, 1.807) is 12.1 Å². The van der Waals surface area contributed by atoms with Gasteiger partial charge in [-0.1, -0.05) is 35.6 Å².